The van der Waals surface area contributed by atoms with Gasteiger partial charge in [0.05, 0.1) is 5.02 Å². The molecule has 5 nitrogen and oxygen atoms in total. The molecule has 0 aliphatic heterocycles. The van der Waals surface area contributed by atoms with Crippen molar-refractivity contribution in [2.45, 2.75) is 18.9 Å². The Labute approximate surface area is 120 Å². The molecule has 1 aromatic rings. The number of aliphatic carboxylic acids is 1. The van der Waals surface area contributed by atoms with E-state index in [-0.39, 0.29) is 17.0 Å². The molecule has 0 aromatic heterocycles. The largest absolute Gasteiger partial charge is 0.480 e. The Morgan fingerprint density at radius 2 is 2.20 bits per heavy atom. The third-order valence-corrected chi connectivity index (χ3v) is 2.92. The first-order valence-corrected chi connectivity index (χ1v) is 6.31. The fraction of sp³-hybridized carbons (Fsp3) is 0.385. The highest BCUT2D eigenvalue weighted by Crippen LogP contribution is 2.16. The number of carbonyl (C=O) groups is 2. The molecule has 0 aliphatic rings. The standard InChI is InChI=1S/C13H15ClFNO4/c1-20-6-2-3-11(13(18)19)16-12(17)8-4-5-10(15)9(14)7-8/h4-5,7,11H,2-3,6H2,1H3,(H,16,17)(H,18,19). The molecule has 0 bridgehead atoms. The maximum absolute atomic E-state index is 13.0. The molecule has 0 spiro atoms. The fourth-order valence-electron chi connectivity index (χ4n) is 1.57. The Balaban J connectivity index is 2.69. The van der Waals surface area contributed by atoms with Gasteiger partial charge in [-0.05, 0) is 31.0 Å². The minimum absolute atomic E-state index is 0.106. The zero-order valence-corrected chi connectivity index (χ0v) is 11.6. The van der Waals surface area contributed by atoms with E-state index in [1.54, 1.807) is 0 Å². The van der Waals surface area contributed by atoms with Crippen molar-refractivity contribution in [2.24, 2.45) is 0 Å². The van der Waals surface area contributed by atoms with Gasteiger partial charge < -0.3 is 15.2 Å². The van der Waals surface area contributed by atoms with E-state index in [4.69, 9.17) is 21.4 Å². The molecule has 0 saturated carbocycles. The van der Waals surface area contributed by atoms with Gasteiger partial charge in [-0.2, -0.15) is 0 Å². The number of benzene rings is 1. The fourth-order valence-corrected chi connectivity index (χ4v) is 1.75. The van der Waals surface area contributed by atoms with Crippen LogP contribution in [0.25, 0.3) is 0 Å². The molecular formula is C13H15ClFNO4. The van der Waals surface area contributed by atoms with E-state index in [0.29, 0.717) is 13.0 Å². The molecule has 1 unspecified atom stereocenters. The molecule has 0 heterocycles. The first-order chi connectivity index (χ1) is 9.45. The Hall–Kier alpha value is -1.66. The van der Waals surface area contributed by atoms with E-state index < -0.39 is 23.7 Å². The number of rotatable bonds is 7. The summed E-state index contributed by atoms with van der Waals surface area (Å²) < 4.78 is 17.8. The van der Waals surface area contributed by atoms with Crippen LogP contribution in [0, 0.1) is 5.82 Å². The molecule has 20 heavy (non-hydrogen) atoms. The van der Waals surface area contributed by atoms with Crippen molar-refractivity contribution in [3.05, 3.63) is 34.6 Å². The van der Waals surface area contributed by atoms with Gasteiger partial charge >= 0.3 is 5.97 Å². The van der Waals surface area contributed by atoms with Crippen molar-refractivity contribution in [1.29, 1.82) is 0 Å². The number of carbonyl (C=O) groups excluding carboxylic acids is 1. The Morgan fingerprint density at radius 3 is 2.75 bits per heavy atom. The predicted octanol–water partition coefficient (Wildman–Crippen LogP) is 2.09. The molecule has 1 amide bonds. The van der Waals surface area contributed by atoms with Crippen LogP contribution >= 0.6 is 11.6 Å². The summed E-state index contributed by atoms with van der Waals surface area (Å²) in [6, 6.07) is 2.42. The van der Waals surface area contributed by atoms with Crippen LogP contribution < -0.4 is 5.32 Å². The third kappa shape index (κ3) is 4.79. The van der Waals surface area contributed by atoms with E-state index in [1.165, 1.54) is 13.2 Å². The highest BCUT2D eigenvalue weighted by Gasteiger charge is 2.20. The summed E-state index contributed by atoms with van der Waals surface area (Å²) in [5, 5.41) is 11.2. The number of halogens is 2. The molecule has 1 atom stereocenters. The number of methoxy groups -OCH3 is 1. The number of nitrogens with one attached hydrogen (secondary N) is 1. The maximum atomic E-state index is 13.0. The lowest BCUT2D eigenvalue weighted by atomic mass is 10.1. The van der Waals surface area contributed by atoms with Gasteiger partial charge in [0.1, 0.15) is 11.9 Å². The van der Waals surface area contributed by atoms with E-state index in [2.05, 4.69) is 5.32 Å². The number of carboxylic acid groups (broad SMARTS) is 1. The van der Waals surface area contributed by atoms with E-state index >= 15 is 0 Å². The van der Waals surface area contributed by atoms with Crippen LogP contribution in [-0.4, -0.2) is 36.7 Å². The average Bonchev–Trinajstić information content (AvgIpc) is 2.40. The third-order valence-electron chi connectivity index (χ3n) is 2.63. The summed E-state index contributed by atoms with van der Waals surface area (Å²) >= 11 is 5.57. The second-order valence-electron chi connectivity index (χ2n) is 4.13. The van der Waals surface area contributed by atoms with Gasteiger partial charge in [-0.25, -0.2) is 9.18 Å². The molecular weight excluding hydrogens is 289 g/mol. The summed E-state index contributed by atoms with van der Waals surface area (Å²) in [4.78, 5) is 22.9. The predicted molar refractivity (Wildman–Crippen MR) is 71.4 cm³/mol. The Bertz CT molecular complexity index is 495. The van der Waals surface area contributed by atoms with Crippen LogP contribution in [-0.2, 0) is 9.53 Å². The summed E-state index contributed by atoms with van der Waals surface area (Å²) in [5.41, 5.74) is 0.106. The molecule has 1 rings (SSSR count). The van der Waals surface area contributed by atoms with Crippen LogP contribution in [0.3, 0.4) is 0 Å². The molecule has 0 aliphatic carbocycles. The van der Waals surface area contributed by atoms with Gasteiger partial charge in [0.15, 0.2) is 0 Å². The molecule has 0 fully saturated rings. The SMILES string of the molecule is COCCCC(NC(=O)c1ccc(F)c(Cl)c1)C(=O)O. The molecule has 0 radical (unpaired) electrons. The van der Waals surface area contributed by atoms with Crippen molar-refractivity contribution in [2.75, 3.05) is 13.7 Å². The lowest BCUT2D eigenvalue weighted by Gasteiger charge is -2.14. The van der Waals surface area contributed by atoms with Crippen LogP contribution in [0.2, 0.25) is 5.02 Å². The number of amides is 1. The summed E-state index contributed by atoms with van der Waals surface area (Å²) in [6.07, 6.45) is 0.738. The highest BCUT2D eigenvalue weighted by atomic mass is 35.5. The van der Waals surface area contributed by atoms with Crippen LogP contribution in [0.1, 0.15) is 23.2 Å². The quantitative estimate of drug-likeness (QED) is 0.756. The highest BCUT2D eigenvalue weighted by molar-refractivity contribution is 6.31. The van der Waals surface area contributed by atoms with Crippen LogP contribution in [0.5, 0.6) is 0 Å². The summed E-state index contributed by atoms with van der Waals surface area (Å²) in [5.74, 6) is -2.39. The summed E-state index contributed by atoms with van der Waals surface area (Å²) in [6.45, 7) is 0.405. The van der Waals surface area contributed by atoms with Gasteiger partial charge in [-0.15, -0.1) is 0 Å². The number of hydrogen-bond donors (Lipinski definition) is 2. The molecule has 2 N–H and O–H groups in total. The van der Waals surface area contributed by atoms with Crippen molar-refractivity contribution >= 4 is 23.5 Å². The van der Waals surface area contributed by atoms with E-state index in [0.717, 1.165) is 12.1 Å². The van der Waals surface area contributed by atoms with Gasteiger partial charge in [0.2, 0.25) is 0 Å². The Morgan fingerprint density at radius 1 is 1.50 bits per heavy atom. The van der Waals surface area contributed by atoms with E-state index in [1.807, 2.05) is 0 Å². The van der Waals surface area contributed by atoms with E-state index in [9.17, 15) is 14.0 Å². The maximum Gasteiger partial charge on any atom is 0.326 e. The molecule has 0 saturated heterocycles. The number of ether oxygens (including phenoxy) is 1. The zero-order valence-electron chi connectivity index (χ0n) is 10.9. The van der Waals surface area contributed by atoms with Crippen molar-refractivity contribution < 1.29 is 23.8 Å². The lowest BCUT2D eigenvalue weighted by molar-refractivity contribution is -0.139. The minimum atomic E-state index is -1.14. The molecule has 110 valence electrons. The Kier molecular flexibility index (Phi) is 6.41. The smallest absolute Gasteiger partial charge is 0.326 e. The van der Waals surface area contributed by atoms with Crippen molar-refractivity contribution in [3.63, 3.8) is 0 Å². The topological polar surface area (TPSA) is 75.6 Å². The van der Waals surface area contributed by atoms with Crippen molar-refractivity contribution in [3.8, 4) is 0 Å². The number of hydrogen-bond acceptors (Lipinski definition) is 3. The normalized spacial score (nSPS) is 11.9. The van der Waals surface area contributed by atoms with Gasteiger partial charge in [-0.1, -0.05) is 11.6 Å². The molecule has 7 heteroatoms. The first kappa shape index (κ1) is 16.4. The first-order valence-electron chi connectivity index (χ1n) is 5.93. The van der Waals surface area contributed by atoms with Crippen LogP contribution in [0.15, 0.2) is 18.2 Å². The zero-order chi connectivity index (χ0) is 15.1. The number of carboxylic acids is 1. The van der Waals surface area contributed by atoms with Gasteiger partial charge in [0, 0.05) is 19.3 Å². The van der Waals surface area contributed by atoms with Gasteiger partial charge in [-0.3, -0.25) is 4.79 Å². The average molecular weight is 304 g/mol. The molecule has 1 aromatic carbocycles. The lowest BCUT2D eigenvalue weighted by Crippen LogP contribution is -2.40. The summed E-state index contributed by atoms with van der Waals surface area (Å²) in [7, 11) is 1.51. The monoisotopic (exact) mass is 303 g/mol. The van der Waals surface area contributed by atoms with Crippen LogP contribution in [0.4, 0.5) is 4.39 Å². The van der Waals surface area contributed by atoms with Crippen molar-refractivity contribution in [1.82, 2.24) is 5.32 Å². The second kappa shape index (κ2) is 7.81. The van der Waals surface area contributed by atoms with Gasteiger partial charge in [0.25, 0.3) is 5.91 Å². The minimum Gasteiger partial charge on any atom is -0.480 e. The second-order valence-corrected chi connectivity index (χ2v) is 4.54.